The van der Waals surface area contributed by atoms with E-state index in [0.29, 0.717) is 21.9 Å². The van der Waals surface area contributed by atoms with E-state index in [1.807, 2.05) is 0 Å². The number of ether oxygens (including phenoxy) is 1. The molecule has 0 aliphatic heterocycles. The van der Waals surface area contributed by atoms with E-state index in [0.717, 1.165) is 36.4 Å². The van der Waals surface area contributed by atoms with Gasteiger partial charge in [0.2, 0.25) is 9.84 Å². The summed E-state index contributed by atoms with van der Waals surface area (Å²) in [4.78, 5) is 10.4. The molecule has 0 N–H and O–H groups in total. The smallest absolute Gasteiger partial charge is 0.209 e. The Hall–Kier alpha value is -2.77. The van der Waals surface area contributed by atoms with Crippen LogP contribution in [0.3, 0.4) is 0 Å². The van der Waals surface area contributed by atoms with Gasteiger partial charge in [-0.2, -0.15) is 0 Å². The molecule has 0 aliphatic carbocycles. The van der Waals surface area contributed by atoms with Gasteiger partial charge in [0.1, 0.15) is 28.9 Å². The number of rotatable bonds is 6. The van der Waals surface area contributed by atoms with Crippen LogP contribution in [0.5, 0.6) is 5.75 Å². The van der Waals surface area contributed by atoms with Crippen LogP contribution in [-0.4, -0.2) is 20.8 Å². The van der Waals surface area contributed by atoms with E-state index < -0.39 is 26.4 Å². The van der Waals surface area contributed by atoms with Gasteiger partial charge < -0.3 is 4.74 Å². The van der Waals surface area contributed by atoms with Crippen molar-refractivity contribution in [1.29, 1.82) is 0 Å². The first kappa shape index (κ1) is 21.0. The first-order chi connectivity index (χ1) is 13.7. The van der Waals surface area contributed by atoms with Gasteiger partial charge in [-0.3, -0.25) is 4.79 Å². The third kappa shape index (κ3) is 4.63. The molecule has 0 bridgehead atoms. The number of sulfone groups is 1. The molecule has 0 aliphatic rings. The van der Waals surface area contributed by atoms with E-state index in [9.17, 15) is 22.0 Å². The zero-order valence-corrected chi connectivity index (χ0v) is 16.7. The van der Waals surface area contributed by atoms with Crippen molar-refractivity contribution >= 4 is 27.2 Å². The second-order valence-electron chi connectivity index (χ2n) is 6.23. The molecular weight excluding hydrogens is 422 g/mol. The van der Waals surface area contributed by atoms with Crippen molar-refractivity contribution in [1.82, 2.24) is 0 Å². The Bertz CT molecular complexity index is 1180. The summed E-state index contributed by atoms with van der Waals surface area (Å²) in [5.74, 6) is -1.47. The molecule has 4 nitrogen and oxygen atoms in total. The summed E-state index contributed by atoms with van der Waals surface area (Å²) in [5.41, 5.74) is 0.727. The minimum atomic E-state index is -4.17. The van der Waals surface area contributed by atoms with Crippen LogP contribution in [0.1, 0.15) is 6.92 Å². The van der Waals surface area contributed by atoms with Crippen molar-refractivity contribution in [3.63, 3.8) is 0 Å². The highest BCUT2D eigenvalue weighted by Gasteiger charge is 2.23. The SMILES string of the molecule is CC(=O)COc1ccc(Cl)cc1-c1ccc(S(=O)(=O)c2ccc(F)cc2)c(F)c1. The summed E-state index contributed by atoms with van der Waals surface area (Å²) in [6.45, 7) is 1.19. The fourth-order valence-electron chi connectivity index (χ4n) is 2.66. The maximum absolute atomic E-state index is 14.8. The van der Waals surface area contributed by atoms with Gasteiger partial charge in [0.05, 0.1) is 4.90 Å². The topological polar surface area (TPSA) is 60.4 Å². The highest BCUT2D eigenvalue weighted by molar-refractivity contribution is 7.91. The second kappa shape index (κ2) is 8.31. The van der Waals surface area contributed by atoms with E-state index in [-0.39, 0.29) is 17.3 Å². The van der Waals surface area contributed by atoms with Crippen LogP contribution in [-0.2, 0) is 14.6 Å². The molecule has 0 saturated heterocycles. The van der Waals surface area contributed by atoms with Crippen LogP contribution in [0.25, 0.3) is 11.1 Å². The van der Waals surface area contributed by atoms with Crippen molar-refractivity contribution in [3.05, 3.63) is 77.3 Å². The molecule has 0 saturated carbocycles. The van der Waals surface area contributed by atoms with E-state index in [2.05, 4.69) is 0 Å². The van der Waals surface area contributed by atoms with Gasteiger partial charge >= 0.3 is 0 Å². The quantitative estimate of drug-likeness (QED) is 0.505. The molecule has 29 heavy (non-hydrogen) atoms. The van der Waals surface area contributed by atoms with Crippen molar-refractivity contribution in [2.75, 3.05) is 6.61 Å². The molecule has 0 radical (unpaired) electrons. The van der Waals surface area contributed by atoms with Gasteiger partial charge in [-0.1, -0.05) is 17.7 Å². The van der Waals surface area contributed by atoms with Gasteiger partial charge in [0.25, 0.3) is 0 Å². The van der Waals surface area contributed by atoms with Crippen LogP contribution in [0, 0.1) is 11.6 Å². The highest BCUT2D eigenvalue weighted by atomic mass is 35.5. The molecule has 3 aromatic rings. The number of halogens is 3. The fourth-order valence-corrected chi connectivity index (χ4v) is 4.14. The number of carbonyl (C=O) groups is 1. The highest BCUT2D eigenvalue weighted by Crippen LogP contribution is 2.35. The molecule has 0 heterocycles. The summed E-state index contributed by atoms with van der Waals surface area (Å²) >= 11 is 6.02. The molecule has 8 heteroatoms. The molecule has 0 fully saturated rings. The van der Waals surface area contributed by atoms with Crippen molar-refractivity contribution in [3.8, 4) is 16.9 Å². The Balaban J connectivity index is 2.03. The number of carbonyl (C=O) groups excluding carboxylic acids is 1. The largest absolute Gasteiger partial charge is 0.485 e. The Labute approximate surface area is 171 Å². The second-order valence-corrected chi connectivity index (χ2v) is 8.59. The van der Waals surface area contributed by atoms with Crippen LogP contribution in [0.2, 0.25) is 5.02 Å². The third-order valence-corrected chi connectivity index (χ3v) is 6.07. The summed E-state index contributed by atoms with van der Waals surface area (Å²) in [6, 6.07) is 12.3. The zero-order valence-electron chi connectivity index (χ0n) is 15.2. The molecule has 0 spiro atoms. The number of benzene rings is 3. The van der Waals surface area contributed by atoms with Crippen LogP contribution < -0.4 is 4.74 Å². The normalized spacial score (nSPS) is 11.3. The lowest BCUT2D eigenvalue weighted by Gasteiger charge is -2.13. The predicted molar refractivity (Wildman–Crippen MR) is 105 cm³/mol. The van der Waals surface area contributed by atoms with E-state index in [4.69, 9.17) is 16.3 Å². The average molecular weight is 437 g/mol. The fraction of sp³-hybridized carbons (Fsp3) is 0.0952. The third-order valence-electron chi connectivity index (χ3n) is 4.03. The molecule has 0 aromatic heterocycles. The van der Waals surface area contributed by atoms with Crippen LogP contribution in [0.15, 0.2) is 70.5 Å². The molecule has 3 aromatic carbocycles. The lowest BCUT2D eigenvalue weighted by molar-refractivity contribution is -0.118. The Morgan fingerprint density at radius 3 is 2.31 bits per heavy atom. The van der Waals surface area contributed by atoms with Gasteiger partial charge in [-0.25, -0.2) is 17.2 Å². The molecule has 3 rings (SSSR count). The lowest BCUT2D eigenvalue weighted by atomic mass is 10.0. The zero-order chi connectivity index (χ0) is 21.2. The minimum Gasteiger partial charge on any atom is -0.485 e. The lowest BCUT2D eigenvalue weighted by Crippen LogP contribution is -2.07. The number of hydrogen-bond donors (Lipinski definition) is 0. The minimum absolute atomic E-state index is 0.172. The summed E-state index contributed by atoms with van der Waals surface area (Å²) in [7, 11) is -4.17. The van der Waals surface area contributed by atoms with Gasteiger partial charge in [-0.05, 0) is 67.1 Å². The summed E-state index contributed by atoms with van der Waals surface area (Å²) in [6.07, 6.45) is 0. The number of ketones is 1. The molecule has 0 unspecified atom stereocenters. The molecule has 0 atom stereocenters. The van der Waals surface area contributed by atoms with Gasteiger partial charge in [-0.15, -0.1) is 0 Å². The van der Waals surface area contributed by atoms with Gasteiger partial charge in [0, 0.05) is 10.6 Å². The first-order valence-corrected chi connectivity index (χ1v) is 10.3. The Morgan fingerprint density at radius 2 is 1.69 bits per heavy atom. The number of hydrogen-bond acceptors (Lipinski definition) is 4. The van der Waals surface area contributed by atoms with E-state index in [1.54, 1.807) is 12.1 Å². The molecule has 150 valence electrons. The van der Waals surface area contributed by atoms with E-state index in [1.165, 1.54) is 19.1 Å². The van der Waals surface area contributed by atoms with Crippen LogP contribution >= 0.6 is 11.6 Å². The van der Waals surface area contributed by atoms with Crippen LogP contribution in [0.4, 0.5) is 8.78 Å². The summed E-state index contributed by atoms with van der Waals surface area (Å²) in [5, 5.41) is 0.360. The standard InChI is InChI=1S/C21H15ClF2O4S/c1-13(25)12-28-20-8-3-15(22)11-18(20)14-2-9-21(19(24)10-14)29(26,27)17-6-4-16(23)5-7-17/h2-11H,12H2,1H3. The van der Waals surface area contributed by atoms with Gasteiger partial charge in [0.15, 0.2) is 5.78 Å². The van der Waals surface area contributed by atoms with Crippen molar-refractivity contribution < 1.29 is 26.7 Å². The number of Topliss-reactive ketones (excluding diaryl/α,β-unsaturated/α-hetero) is 1. The molecule has 0 amide bonds. The summed E-state index contributed by atoms with van der Waals surface area (Å²) < 4.78 is 58.6. The van der Waals surface area contributed by atoms with Crippen molar-refractivity contribution in [2.45, 2.75) is 16.7 Å². The maximum atomic E-state index is 14.8. The average Bonchev–Trinajstić information content (AvgIpc) is 2.67. The van der Waals surface area contributed by atoms with Crippen molar-refractivity contribution in [2.24, 2.45) is 0 Å². The Morgan fingerprint density at radius 1 is 1.00 bits per heavy atom. The first-order valence-electron chi connectivity index (χ1n) is 8.41. The monoisotopic (exact) mass is 436 g/mol. The molecular formula is C21H15ClF2O4S. The van der Waals surface area contributed by atoms with E-state index >= 15 is 0 Å². The predicted octanol–water partition coefficient (Wildman–Crippen LogP) is 5.09. The Kier molecular flexibility index (Phi) is 6.00. The maximum Gasteiger partial charge on any atom is 0.209 e.